The maximum Gasteiger partial charge on any atom is 0.312 e. The van der Waals surface area contributed by atoms with Gasteiger partial charge in [0.15, 0.2) is 0 Å². The van der Waals surface area contributed by atoms with E-state index >= 15 is 0 Å². The first-order valence-corrected chi connectivity index (χ1v) is 6.79. The van der Waals surface area contributed by atoms with Crippen molar-refractivity contribution in [3.63, 3.8) is 0 Å². The van der Waals surface area contributed by atoms with Crippen LogP contribution in [0, 0.1) is 5.92 Å². The molecule has 0 bridgehead atoms. The monoisotopic (exact) mass is 236 g/mol. The molecule has 0 spiro atoms. The summed E-state index contributed by atoms with van der Waals surface area (Å²) < 4.78 is 5.22. The minimum atomic E-state index is -0.101. The van der Waals surface area contributed by atoms with Gasteiger partial charge in [-0.15, -0.1) is 0 Å². The Kier molecular flexibility index (Phi) is 7.44. The summed E-state index contributed by atoms with van der Waals surface area (Å²) in [5, 5.41) is 0. The van der Waals surface area contributed by atoms with Gasteiger partial charge >= 0.3 is 5.97 Å². The lowest BCUT2D eigenvalue weighted by Crippen LogP contribution is -2.13. The van der Waals surface area contributed by atoms with Crippen LogP contribution in [0.25, 0.3) is 0 Å². The summed E-state index contributed by atoms with van der Waals surface area (Å²) in [6, 6.07) is 0. The lowest BCUT2D eigenvalue weighted by Gasteiger charge is -2.07. The molecule has 1 aliphatic rings. The molecule has 0 amide bonds. The lowest BCUT2D eigenvalue weighted by atomic mass is 10.1. The summed E-state index contributed by atoms with van der Waals surface area (Å²) >= 11 is 0. The van der Waals surface area contributed by atoms with Crippen LogP contribution < -0.4 is 0 Å². The second-order valence-corrected chi connectivity index (χ2v) is 4.64. The molecule has 2 heteroatoms. The molecule has 0 aromatic rings. The van der Waals surface area contributed by atoms with E-state index in [1.54, 1.807) is 0 Å². The van der Waals surface area contributed by atoms with Gasteiger partial charge in [-0.2, -0.15) is 0 Å². The average molecular weight is 236 g/mol. The van der Waals surface area contributed by atoms with Gasteiger partial charge in [-0.1, -0.05) is 24.3 Å². The Hall–Kier alpha value is -1.05. The Bertz CT molecular complexity index is 266. The van der Waals surface area contributed by atoms with Crippen molar-refractivity contribution < 1.29 is 9.53 Å². The third-order valence-electron chi connectivity index (χ3n) is 2.96. The van der Waals surface area contributed by atoms with Crippen LogP contribution in [0.15, 0.2) is 24.3 Å². The minimum absolute atomic E-state index is 0.0887. The Labute approximate surface area is 105 Å². The number of carbonyl (C=O) groups excluding carboxylic acids is 1. The lowest BCUT2D eigenvalue weighted by molar-refractivity contribution is -0.146. The number of ether oxygens (including phenoxy) is 1. The van der Waals surface area contributed by atoms with Crippen LogP contribution in [0.1, 0.15) is 51.9 Å². The first-order valence-electron chi connectivity index (χ1n) is 6.79. The molecule has 0 N–H and O–H groups in total. The van der Waals surface area contributed by atoms with E-state index in [-0.39, 0.29) is 11.9 Å². The van der Waals surface area contributed by atoms with Crippen molar-refractivity contribution in [2.75, 3.05) is 6.61 Å². The largest absolute Gasteiger partial charge is 0.465 e. The first-order chi connectivity index (χ1) is 8.30. The summed E-state index contributed by atoms with van der Waals surface area (Å²) in [5.41, 5.74) is 0. The molecule has 1 aliphatic heterocycles. The molecule has 0 aromatic heterocycles. The highest BCUT2D eigenvalue weighted by molar-refractivity contribution is 5.73. The Morgan fingerprint density at radius 3 is 2.53 bits per heavy atom. The fourth-order valence-corrected chi connectivity index (χ4v) is 1.81. The molecule has 0 fully saturated rings. The number of rotatable bonds is 0. The van der Waals surface area contributed by atoms with Gasteiger partial charge in [-0.05, 0) is 51.9 Å². The van der Waals surface area contributed by atoms with Gasteiger partial charge in [0.1, 0.15) is 0 Å². The van der Waals surface area contributed by atoms with E-state index in [0.29, 0.717) is 6.61 Å². The zero-order chi connectivity index (χ0) is 12.3. The van der Waals surface area contributed by atoms with Crippen LogP contribution in [0.5, 0.6) is 0 Å². The summed E-state index contributed by atoms with van der Waals surface area (Å²) in [6.45, 7) is 2.47. The van der Waals surface area contributed by atoms with Crippen molar-refractivity contribution in [2.45, 2.75) is 51.9 Å². The highest BCUT2D eigenvalue weighted by Crippen LogP contribution is 2.08. The molecule has 2 nitrogen and oxygen atoms in total. The predicted octanol–water partition coefficient (Wildman–Crippen LogP) is 4.02. The summed E-state index contributed by atoms with van der Waals surface area (Å²) in [5.74, 6) is -0.190. The molecule has 0 saturated heterocycles. The summed E-state index contributed by atoms with van der Waals surface area (Å²) in [7, 11) is 0. The van der Waals surface area contributed by atoms with Crippen LogP contribution in [-0.2, 0) is 9.53 Å². The van der Waals surface area contributed by atoms with Crippen LogP contribution in [0.3, 0.4) is 0 Å². The van der Waals surface area contributed by atoms with Gasteiger partial charge in [-0.3, -0.25) is 4.79 Å². The number of hydrogen-bond acceptors (Lipinski definition) is 2. The quantitative estimate of drug-likeness (QED) is 0.469. The average Bonchev–Trinajstić information content (AvgIpc) is 2.34. The van der Waals surface area contributed by atoms with Crippen molar-refractivity contribution in [3.8, 4) is 0 Å². The number of hydrogen-bond donors (Lipinski definition) is 0. The van der Waals surface area contributed by atoms with Crippen LogP contribution in [0.2, 0.25) is 0 Å². The van der Waals surface area contributed by atoms with Gasteiger partial charge in [0.25, 0.3) is 0 Å². The van der Waals surface area contributed by atoms with Crippen LogP contribution >= 0.6 is 0 Å². The molecule has 1 unspecified atom stereocenters. The number of carbonyl (C=O) groups is 1. The van der Waals surface area contributed by atoms with Crippen molar-refractivity contribution >= 4 is 5.97 Å². The SMILES string of the molecule is CC1/C=C\CCC/C=C\CCCCCOC1=O. The zero-order valence-electron chi connectivity index (χ0n) is 10.9. The molecule has 0 radical (unpaired) electrons. The van der Waals surface area contributed by atoms with E-state index in [4.69, 9.17) is 4.74 Å². The van der Waals surface area contributed by atoms with E-state index in [2.05, 4.69) is 18.2 Å². The number of allylic oxidation sites excluding steroid dienone is 3. The number of cyclic esters (lactones) is 1. The molecule has 1 atom stereocenters. The van der Waals surface area contributed by atoms with Gasteiger partial charge in [0, 0.05) is 0 Å². The normalized spacial score (nSPS) is 28.5. The highest BCUT2D eigenvalue weighted by Gasteiger charge is 2.10. The topological polar surface area (TPSA) is 26.3 Å². The molecule has 0 aromatic carbocycles. The molecule has 0 aliphatic carbocycles. The van der Waals surface area contributed by atoms with E-state index in [9.17, 15) is 4.79 Å². The number of esters is 1. The smallest absolute Gasteiger partial charge is 0.312 e. The zero-order valence-corrected chi connectivity index (χ0v) is 10.9. The van der Waals surface area contributed by atoms with E-state index in [0.717, 1.165) is 38.5 Å². The van der Waals surface area contributed by atoms with Crippen LogP contribution in [0.4, 0.5) is 0 Å². The second kappa shape index (κ2) is 9.03. The second-order valence-electron chi connectivity index (χ2n) is 4.64. The Morgan fingerprint density at radius 1 is 1.00 bits per heavy atom. The van der Waals surface area contributed by atoms with Crippen molar-refractivity contribution in [1.29, 1.82) is 0 Å². The third kappa shape index (κ3) is 6.98. The van der Waals surface area contributed by atoms with Crippen LogP contribution in [-0.4, -0.2) is 12.6 Å². The van der Waals surface area contributed by atoms with Crippen molar-refractivity contribution in [2.24, 2.45) is 5.92 Å². The Morgan fingerprint density at radius 2 is 1.71 bits per heavy atom. The molecule has 96 valence electrons. The minimum Gasteiger partial charge on any atom is -0.465 e. The van der Waals surface area contributed by atoms with Gasteiger partial charge < -0.3 is 4.74 Å². The van der Waals surface area contributed by atoms with E-state index in [1.165, 1.54) is 6.42 Å². The standard InChI is InChI=1S/C15H24O2/c1-14-12-10-8-6-4-2-3-5-7-9-11-13-17-15(14)16/h2-3,10,12,14H,4-9,11,13H2,1H3/b3-2-,12-10-. The molecular weight excluding hydrogens is 212 g/mol. The molecule has 17 heavy (non-hydrogen) atoms. The summed E-state index contributed by atoms with van der Waals surface area (Å²) in [4.78, 5) is 11.6. The van der Waals surface area contributed by atoms with E-state index in [1.807, 2.05) is 13.0 Å². The van der Waals surface area contributed by atoms with Gasteiger partial charge in [0.05, 0.1) is 12.5 Å². The van der Waals surface area contributed by atoms with Crippen molar-refractivity contribution in [3.05, 3.63) is 24.3 Å². The predicted molar refractivity (Wildman–Crippen MR) is 70.7 cm³/mol. The summed E-state index contributed by atoms with van der Waals surface area (Å²) in [6.07, 6.45) is 16.4. The van der Waals surface area contributed by atoms with Crippen molar-refractivity contribution in [1.82, 2.24) is 0 Å². The Balaban J connectivity index is 2.38. The maximum atomic E-state index is 11.6. The maximum absolute atomic E-state index is 11.6. The first kappa shape index (κ1) is 14.0. The fraction of sp³-hybridized carbons (Fsp3) is 0.667. The van der Waals surface area contributed by atoms with E-state index < -0.39 is 0 Å². The molecular formula is C15H24O2. The van der Waals surface area contributed by atoms with Gasteiger partial charge in [0.2, 0.25) is 0 Å². The fourth-order valence-electron chi connectivity index (χ4n) is 1.81. The molecule has 0 saturated carbocycles. The molecule has 1 rings (SSSR count). The van der Waals surface area contributed by atoms with Gasteiger partial charge in [-0.25, -0.2) is 0 Å². The highest BCUT2D eigenvalue weighted by atomic mass is 16.5. The third-order valence-corrected chi connectivity index (χ3v) is 2.96. The molecule has 1 heterocycles.